The fourth-order valence-corrected chi connectivity index (χ4v) is 3.79. The third kappa shape index (κ3) is 7.93. The van der Waals surface area contributed by atoms with E-state index < -0.39 is 6.61 Å². The van der Waals surface area contributed by atoms with Crippen LogP contribution in [0.2, 0.25) is 0 Å². The number of hydrogen-bond donors (Lipinski definition) is 2. The lowest BCUT2D eigenvalue weighted by Crippen LogP contribution is -2.28. The minimum absolute atomic E-state index is 0.00333. The first kappa shape index (κ1) is 29.4. The summed E-state index contributed by atoms with van der Waals surface area (Å²) in [6, 6.07) is 7.76. The predicted octanol–water partition coefficient (Wildman–Crippen LogP) is 3.30. The van der Waals surface area contributed by atoms with E-state index >= 15 is 0 Å². The van der Waals surface area contributed by atoms with Gasteiger partial charge in [-0.1, -0.05) is 20.3 Å². The van der Waals surface area contributed by atoms with E-state index in [0.717, 1.165) is 6.42 Å². The average molecular weight is 547 g/mol. The van der Waals surface area contributed by atoms with Crippen LogP contribution in [0.4, 0.5) is 20.4 Å². The number of nitrogens with one attached hydrogen (secondary N) is 1. The maximum atomic E-state index is 12.2. The van der Waals surface area contributed by atoms with Crippen molar-refractivity contribution < 1.29 is 27.8 Å². The number of ether oxygens (including phenoxy) is 2. The molecule has 2 amide bonds. The Morgan fingerprint density at radius 3 is 2.62 bits per heavy atom. The first-order valence-electron chi connectivity index (χ1n) is 12.7. The molecule has 4 heterocycles. The molecule has 0 saturated carbocycles. The number of nitrogens with zero attached hydrogens (tertiary/aromatic N) is 4. The largest absolute Gasteiger partial charge is 0.480 e. The number of pyridine rings is 1. The summed E-state index contributed by atoms with van der Waals surface area (Å²) in [6.45, 7) is 2.88. The number of carbonyl (C=O) groups excluding carboxylic acids is 2. The van der Waals surface area contributed by atoms with E-state index in [1.54, 1.807) is 17.0 Å². The summed E-state index contributed by atoms with van der Waals surface area (Å²) >= 11 is 0. The Bertz CT molecular complexity index is 1350. The van der Waals surface area contributed by atoms with Crippen LogP contribution < -0.4 is 31.0 Å². The van der Waals surface area contributed by atoms with Crippen molar-refractivity contribution in [2.24, 2.45) is 5.73 Å². The predicted molar refractivity (Wildman–Crippen MR) is 142 cm³/mol. The highest BCUT2D eigenvalue weighted by Gasteiger charge is 2.25. The topological polar surface area (TPSA) is 142 Å². The molecule has 3 aromatic rings. The second-order valence-electron chi connectivity index (χ2n) is 8.63. The van der Waals surface area contributed by atoms with Crippen molar-refractivity contribution >= 4 is 34.5 Å². The van der Waals surface area contributed by atoms with Gasteiger partial charge in [-0.05, 0) is 43.7 Å². The van der Waals surface area contributed by atoms with E-state index in [-0.39, 0.29) is 29.7 Å². The third-order valence-electron chi connectivity index (χ3n) is 5.44. The summed E-state index contributed by atoms with van der Waals surface area (Å²) in [5.74, 6) is 1.34. The summed E-state index contributed by atoms with van der Waals surface area (Å²) in [5.41, 5.74) is 6.11. The van der Waals surface area contributed by atoms with Crippen LogP contribution in [0.25, 0.3) is 11.0 Å². The second-order valence-corrected chi connectivity index (χ2v) is 8.63. The summed E-state index contributed by atoms with van der Waals surface area (Å²) < 4.78 is 35.3. The molecule has 2 aliphatic heterocycles. The Kier molecular flexibility index (Phi) is 10.7. The van der Waals surface area contributed by atoms with Crippen molar-refractivity contribution in [2.45, 2.75) is 52.7 Å². The zero-order valence-corrected chi connectivity index (χ0v) is 21.9. The van der Waals surface area contributed by atoms with E-state index in [1.165, 1.54) is 35.4 Å². The number of anilines is 2. The van der Waals surface area contributed by atoms with Crippen molar-refractivity contribution in [3.05, 3.63) is 46.9 Å². The molecule has 0 aliphatic carbocycles. The third-order valence-corrected chi connectivity index (χ3v) is 5.44. The van der Waals surface area contributed by atoms with E-state index in [0.29, 0.717) is 60.9 Å². The van der Waals surface area contributed by atoms with Gasteiger partial charge in [-0.25, -0.2) is 9.97 Å². The number of fused-ring (bicyclic) bond motifs is 2. The minimum atomic E-state index is -2.90. The van der Waals surface area contributed by atoms with Gasteiger partial charge in [-0.2, -0.15) is 8.78 Å². The molecule has 1 fully saturated rings. The molecule has 39 heavy (non-hydrogen) atoms. The van der Waals surface area contributed by atoms with Crippen LogP contribution in [0, 0.1) is 0 Å². The number of nitrogens with two attached hydrogens (primary N) is 1. The van der Waals surface area contributed by atoms with Gasteiger partial charge in [0.2, 0.25) is 5.91 Å². The molecule has 0 spiro atoms. The molecule has 0 atom stereocenters. The highest BCUT2D eigenvalue weighted by molar-refractivity contribution is 5.97. The fraction of sp³-hybridized carbons (Fsp3) is 0.423. The second kappa shape index (κ2) is 14.1. The number of hydrogen-bond acceptors (Lipinski definition) is 8. The van der Waals surface area contributed by atoms with Gasteiger partial charge in [-0.3, -0.25) is 19.3 Å². The van der Waals surface area contributed by atoms with E-state index in [4.69, 9.17) is 10.5 Å². The van der Waals surface area contributed by atoms with Gasteiger partial charge >= 0.3 is 6.61 Å². The number of rotatable bonds is 6. The van der Waals surface area contributed by atoms with Gasteiger partial charge in [0, 0.05) is 25.6 Å². The number of halogens is 2. The Morgan fingerprint density at radius 1 is 1.18 bits per heavy atom. The number of aryl methyl sites for hydroxylation is 1. The SMILES string of the molecule is CCC.NCCCn1c(=O)cnc2ccc(OC(F)F)cc21.O=C1COc2ccc(N3CCCC3=O)nc2N1. The molecule has 13 heteroatoms. The van der Waals surface area contributed by atoms with E-state index in [1.807, 2.05) is 0 Å². The van der Waals surface area contributed by atoms with Gasteiger partial charge < -0.3 is 25.1 Å². The van der Waals surface area contributed by atoms with Crippen LogP contribution in [-0.2, 0) is 16.1 Å². The lowest BCUT2D eigenvalue weighted by Gasteiger charge is -2.20. The molecular formula is C26H32F2N6O5. The summed E-state index contributed by atoms with van der Waals surface area (Å²) in [5, 5.41) is 2.63. The highest BCUT2D eigenvalue weighted by atomic mass is 19.3. The van der Waals surface area contributed by atoms with E-state index in [2.05, 4.69) is 33.9 Å². The van der Waals surface area contributed by atoms with Crippen LogP contribution in [0.5, 0.6) is 11.5 Å². The van der Waals surface area contributed by atoms with Crippen LogP contribution in [0.15, 0.2) is 41.3 Å². The molecule has 0 bridgehead atoms. The van der Waals surface area contributed by atoms with Crippen LogP contribution in [-0.4, -0.2) is 52.7 Å². The van der Waals surface area contributed by atoms with Crippen molar-refractivity contribution in [3.63, 3.8) is 0 Å². The van der Waals surface area contributed by atoms with Gasteiger partial charge in [0.15, 0.2) is 18.2 Å². The molecule has 210 valence electrons. The number of alkyl halides is 2. The van der Waals surface area contributed by atoms with Crippen molar-refractivity contribution in [1.29, 1.82) is 0 Å². The standard InChI is InChI=1S/C12H13F2N3O2.C11H11N3O3.C3H8/c13-12(14)19-8-2-3-9-10(6-8)17(5-1-4-15)11(18)7-16-9;15-9-6-17-7-3-4-8(12-11(7)13-9)14-5-1-2-10(14)16;1-3-2/h2-3,6-7,12H,1,4-5,15H2;3-4H,1-2,5-6H2,(H,12,13,15);3H2,1-2H3. The zero-order valence-electron chi connectivity index (χ0n) is 21.9. The van der Waals surface area contributed by atoms with Gasteiger partial charge in [0.1, 0.15) is 11.6 Å². The average Bonchev–Trinajstić information content (AvgIpc) is 3.34. The smallest absolute Gasteiger partial charge is 0.387 e. The molecule has 2 aromatic heterocycles. The highest BCUT2D eigenvalue weighted by Crippen LogP contribution is 2.29. The number of aromatic nitrogens is 3. The molecule has 1 aromatic carbocycles. The number of benzene rings is 1. The quantitative estimate of drug-likeness (QED) is 0.480. The monoisotopic (exact) mass is 546 g/mol. The first-order valence-corrected chi connectivity index (χ1v) is 12.7. The normalized spacial score (nSPS) is 14.1. The summed E-state index contributed by atoms with van der Waals surface area (Å²) in [4.78, 5) is 44.3. The Hall–Kier alpha value is -4.13. The number of amides is 2. The fourth-order valence-electron chi connectivity index (χ4n) is 3.79. The van der Waals surface area contributed by atoms with E-state index in [9.17, 15) is 23.2 Å². The van der Waals surface area contributed by atoms with Gasteiger partial charge in [-0.15, -0.1) is 0 Å². The molecule has 5 rings (SSSR count). The Balaban J connectivity index is 0.000000197. The molecule has 0 radical (unpaired) electrons. The lowest BCUT2D eigenvalue weighted by atomic mass is 10.2. The molecule has 1 saturated heterocycles. The van der Waals surface area contributed by atoms with Gasteiger partial charge in [0.05, 0.1) is 17.2 Å². The first-order chi connectivity index (χ1) is 18.8. The molecule has 11 nitrogen and oxygen atoms in total. The Morgan fingerprint density at radius 2 is 1.95 bits per heavy atom. The summed E-state index contributed by atoms with van der Waals surface area (Å²) in [7, 11) is 0. The van der Waals surface area contributed by atoms with Crippen molar-refractivity contribution in [1.82, 2.24) is 14.5 Å². The lowest BCUT2D eigenvalue weighted by molar-refractivity contribution is -0.118. The zero-order chi connectivity index (χ0) is 28.4. The molecule has 3 N–H and O–H groups in total. The summed E-state index contributed by atoms with van der Waals surface area (Å²) in [6.07, 6.45) is 4.47. The molecular weight excluding hydrogens is 514 g/mol. The maximum absolute atomic E-state index is 12.2. The van der Waals surface area contributed by atoms with Crippen LogP contribution in [0.1, 0.15) is 39.5 Å². The van der Waals surface area contributed by atoms with Crippen molar-refractivity contribution in [2.75, 3.05) is 29.9 Å². The minimum Gasteiger partial charge on any atom is -0.480 e. The molecule has 0 unspecified atom stereocenters. The Labute approximate surface area is 223 Å². The van der Waals surface area contributed by atoms with Crippen molar-refractivity contribution in [3.8, 4) is 11.5 Å². The maximum Gasteiger partial charge on any atom is 0.387 e. The number of carbonyl (C=O) groups is 2. The van der Waals surface area contributed by atoms with Crippen LogP contribution >= 0.6 is 0 Å². The molecule has 2 aliphatic rings. The van der Waals surface area contributed by atoms with Gasteiger partial charge in [0.25, 0.3) is 11.5 Å². The van der Waals surface area contributed by atoms with Crippen LogP contribution in [0.3, 0.4) is 0 Å².